The third-order valence-corrected chi connectivity index (χ3v) is 1.39. The summed E-state index contributed by atoms with van der Waals surface area (Å²) in [6.07, 6.45) is 2.84. The fourth-order valence-corrected chi connectivity index (χ4v) is 0.859. The number of rotatable bonds is 1. The topological polar surface area (TPSA) is 43.4 Å². The van der Waals surface area contributed by atoms with Gasteiger partial charge in [0.25, 0.3) is 5.78 Å². The molecule has 0 aromatic heterocycles. The number of hydrogen-bond donors (Lipinski definition) is 0. The normalized spacial score (nSPS) is 17.6. The summed E-state index contributed by atoms with van der Waals surface area (Å²) in [5, 5.41) is 0. The van der Waals surface area contributed by atoms with Crippen molar-refractivity contribution in [2.24, 2.45) is 0 Å². The van der Waals surface area contributed by atoms with Crippen molar-refractivity contribution >= 4 is 11.6 Å². The van der Waals surface area contributed by atoms with E-state index in [-0.39, 0.29) is 5.76 Å². The van der Waals surface area contributed by atoms with Crippen LogP contribution >= 0.6 is 0 Å². The van der Waals surface area contributed by atoms with E-state index >= 15 is 0 Å². The number of carbonyl (C=O) groups is 2. The Hall–Kier alpha value is -1.38. The Bertz CT molecular complexity index is 271. The molecule has 11 heavy (non-hydrogen) atoms. The summed E-state index contributed by atoms with van der Waals surface area (Å²) in [5.74, 6) is -0.963. The first-order chi connectivity index (χ1) is 5.15. The van der Waals surface area contributed by atoms with Gasteiger partial charge in [0.05, 0.1) is 7.11 Å². The molecule has 58 valence electrons. The molecule has 0 radical (unpaired) electrons. The van der Waals surface area contributed by atoms with Gasteiger partial charge in [0.1, 0.15) is 0 Å². The molecule has 1 aliphatic carbocycles. The Morgan fingerprint density at radius 1 is 1.27 bits per heavy atom. The van der Waals surface area contributed by atoms with E-state index in [4.69, 9.17) is 4.74 Å². The number of carbonyl (C=O) groups excluding carboxylic acids is 2. The summed E-state index contributed by atoms with van der Waals surface area (Å²) in [4.78, 5) is 21.7. The quantitative estimate of drug-likeness (QED) is 0.408. The molecule has 3 heteroatoms. The predicted molar refractivity (Wildman–Crippen MR) is 38.9 cm³/mol. The molecule has 0 amide bonds. The van der Waals surface area contributed by atoms with Gasteiger partial charge in [0.2, 0.25) is 5.78 Å². The van der Waals surface area contributed by atoms with Gasteiger partial charge in [-0.1, -0.05) is 0 Å². The van der Waals surface area contributed by atoms with Crippen molar-refractivity contribution in [2.45, 2.75) is 6.92 Å². The Kier molecular flexibility index (Phi) is 1.89. The van der Waals surface area contributed by atoms with Crippen molar-refractivity contribution < 1.29 is 14.3 Å². The molecule has 0 unspecified atom stereocenters. The molecular weight excluding hydrogens is 144 g/mol. The molecule has 0 saturated heterocycles. The zero-order valence-electron chi connectivity index (χ0n) is 6.38. The van der Waals surface area contributed by atoms with E-state index in [9.17, 15) is 9.59 Å². The number of Topliss-reactive ketones (excluding diaryl/α,β-unsaturated/α-hetero) is 1. The lowest BCUT2D eigenvalue weighted by Crippen LogP contribution is -2.18. The summed E-state index contributed by atoms with van der Waals surface area (Å²) in [7, 11) is 1.37. The van der Waals surface area contributed by atoms with Crippen LogP contribution in [-0.2, 0) is 14.3 Å². The first-order valence-electron chi connectivity index (χ1n) is 3.18. The van der Waals surface area contributed by atoms with Gasteiger partial charge in [-0.3, -0.25) is 9.59 Å². The van der Waals surface area contributed by atoms with Crippen LogP contribution in [0, 0.1) is 0 Å². The largest absolute Gasteiger partial charge is 0.492 e. The Morgan fingerprint density at radius 2 is 1.91 bits per heavy atom. The number of ketones is 2. The minimum absolute atomic E-state index is 0.120. The van der Waals surface area contributed by atoms with Crippen molar-refractivity contribution in [3.8, 4) is 0 Å². The van der Waals surface area contributed by atoms with Gasteiger partial charge >= 0.3 is 0 Å². The van der Waals surface area contributed by atoms with Gasteiger partial charge in [-0.05, 0) is 24.6 Å². The van der Waals surface area contributed by atoms with Crippen LogP contribution in [0.3, 0.4) is 0 Å². The molecule has 0 aromatic rings. The SMILES string of the molecule is COC1=CC(C)=CC(=O)C1=O. The molecule has 1 rings (SSSR count). The molecule has 0 saturated carbocycles. The Balaban J connectivity index is 3.03. The van der Waals surface area contributed by atoms with Crippen LogP contribution in [-0.4, -0.2) is 18.7 Å². The maximum atomic E-state index is 10.9. The molecule has 0 N–H and O–H groups in total. The zero-order valence-corrected chi connectivity index (χ0v) is 6.38. The van der Waals surface area contributed by atoms with Gasteiger partial charge < -0.3 is 4.74 Å². The van der Waals surface area contributed by atoms with Crippen molar-refractivity contribution in [1.82, 2.24) is 0 Å². The molecule has 0 atom stereocenters. The second kappa shape index (κ2) is 2.70. The fourth-order valence-electron chi connectivity index (χ4n) is 0.859. The van der Waals surface area contributed by atoms with Crippen molar-refractivity contribution in [3.63, 3.8) is 0 Å². The molecule has 1 aliphatic rings. The molecule has 0 spiro atoms. The highest BCUT2D eigenvalue weighted by Crippen LogP contribution is 2.11. The maximum absolute atomic E-state index is 10.9. The summed E-state index contributed by atoms with van der Waals surface area (Å²) >= 11 is 0. The summed E-state index contributed by atoms with van der Waals surface area (Å²) in [5.41, 5.74) is 0.742. The highest BCUT2D eigenvalue weighted by Gasteiger charge is 2.21. The van der Waals surface area contributed by atoms with Crippen LogP contribution in [0.1, 0.15) is 6.92 Å². The highest BCUT2D eigenvalue weighted by molar-refractivity contribution is 6.47. The van der Waals surface area contributed by atoms with E-state index in [0.717, 1.165) is 5.57 Å². The smallest absolute Gasteiger partial charge is 0.267 e. The van der Waals surface area contributed by atoms with E-state index < -0.39 is 11.6 Å². The van der Waals surface area contributed by atoms with Crippen molar-refractivity contribution in [3.05, 3.63) is 23.5 Å². The lowest BCUT2D eigenvalue weighted by atomic mass is 10.0. The minimum Gasteiger partial charge on any atom is -0.492 e. The van der Waals surface area contributed by atoms with Crippen molar-refractivity contribution in [2.75, 3.05) is 7.11 Å². The van der Waals surface area contributed by atoms with Crippen LogP contribution in [0.2, 0.25) is 0 Å². The zero-order chi connectivity index (χ0) is 8.43. The molecule has 0 fully saturated rings. The maximum Gasteiger partial charge on any atom is 0.267 e. The summed E-state index contributed by atoms with van der Waals surface area (Å²) < 4.78 is 4.69. The molecule has 0 heterocycles. The Labute approximate surface area is 64.3 Å². The fraction of sp³-hybridized carbons (Fsp3) is 0.250. The molecule has 0 aromatic carbocycles. The first kappa shape index (κ1) is 7.72. The van der Waals surface area contributed by atoms with Crippen LogP contribution in [0.25, 0.3) is 0 Å². The van der Waals surface area contributed by atoms with E-state index in [1.165, 1.54) is 13.2 Å². The van der Waals surface area contributed by atoms with E-state index in [1.54, 1.807) is 13.0 Å². The van der Waals surface area contributed by atoms with Gasteiger partial charge in [-0.15, -0.1) is 0 Å². The molecule has 0 aliphatic heterocycles. The minimum atomic E-state index is -0.571. The number of allylic oxidation sites excluding steroid dienone is 4. The number of ether oxygens (including phenoxy) is 1. The van der Waals surface area contributed by atoms with Crippen molar-refractivity contribution in [1.29, 1.82) is 0 Å². The lowest BCUT2D eigenvalue weighted by Gasteiger charge is -2.06. The standard InChI is InChI=1S/C8H8O3/c1-5-3-6(9)8(10)7(4-5)11-2/h3-4H,1-2H3. The molecule has 0 bridgehead atoms. The predicted octanol–water partition coefficient (Wildman–Crippen LogP) is 0.615. The molecule has 3 nitrogen and oxygen atoms in total. The van der Waals surface area contributed by atoms with Gasteiger partial charge in [-0.25, -0.2) is 0 Å². The van der Waals surface area contributed by atoms with Crippen LogP contribution < -0.4 is 0 Å². The van der Waals surface area contributed by atoms with Gasteiger partial charge in [-0.2, -0.15) is 0 Å². The van der Waals surface area contributed by atoms with E-state index in [0.29, 0.717) is 0 Å². The lowest BCUT2D eigenvalue weighted by molar-refractivity contribution is -0.133. The van der Waals surface area contributed by atoms with Crippen LogP contribution in [0.15, 0.2) is 23.5 Å². The van der Waals surface area contributed by atoms with E-state index in [1.807, 2.05) is 0 Å². The third-order valence-electron chi connectivity index (χ3n) is 1.39. The van der Waals surface area contributed by atoms with Gasteiger partial charge in [0, 0.05) is 0 Å². The Morgan fingerprint density at radius 3 is 2.45 bits per heavy atom. The van der Waals surface area contributed by atoms with E-state index in [2.05, 4.69) is 0 Å². The van der Waals surface area contributed by atoms with Gasteiger partial charge in [0.15, 0.2) is 5.76 Å². The number of hydrogen-bond acceptors (Lipinski definition) is 3. The summed E-state index contributed by atoms with van der Waals surface area (Å²) in [6.45, 7) is 1.74. The second-order valence-electron chi connectivity index (χ2n) is 2.29. The third kappa shape index (κ3) is 1.37. The first-order valence-corrected chi connectivity index (χ1v) is 3.18. The number of methoxy groups -OCH3 is 1. The average molecular weight is 152 g/mol. The van der Waals surface area contributed by atoms with Crippen LogP contribution in [0.4, 0.5) is 0 Å². The average Bonchev–Trinajstić information content (AvgIpc) is 1.96. The second-order valence-corrected chi connectivity index (χ2v) is 2.29. The highest BCUT2D eigenvalue weighted by atomic mass is 16.5. The molecular formula is C8H8O3. The monoisotopic (exact) mass is 152 g/mol. The summed E-state index contributed by atoms with van der Waals surface area (Å²) in [6, 6.07) is 0. The van der Waals surface area contributed by atoms with Crippen LogP contribution in [0.5, 0.6) is 0 Å².